The van der Waals surface area contributed by atoms with E-state index in [0.717, 1.165) is 45.5 Å². The Morgan fingerprint density at radius 2 is 1.80 bits per heavy atom. The summed E-state index contributed by atoms with van der Waals surface area (Å²) in [5.74, 6) is 0.322. The lowest BCUT2D eigenvalue weighted by molar-refractivity contribution is -0.200. The third-order valence-electron chi connectivity index (χ3n) is 7.83. The van der Waals surface area contributed by atoms with Gasteiger partial charge < -0.3 is 18.8 Å². The van der Waals surface area contributed by atoms with Crippen LogP contribution in [-0.4, -0.2) is 21.1 Å². The molecule has 0 aliphatic carbocycles. The number of aromatic nitrogens is 2. The molecule has 4 aromatic rings. The van der Waals surface area contributed by atoms with Crippen LogP contribution in [0.4, 0.5) is 0 Å². The maximum atomic E-state index is 13.9. The van der Waals surface area contributed by atoms with Gasteiger partial charge in [0.05, 0.1) is 34.6 Å². The van der Waals surface area contributed by atoms with Crippen molar-refractivity contribution in [2.24, 2.45) is 0 Å². The molecule has 0 saturated heterocycles. The molecule has 0 amide bonds. The number of nitrogens with zero attached hydrogens (tertiary/aromatic N) is 2. The number of aryl methyl sites for hydroxylation is 1. The first-order valence-electron chi connectivity index (χ1n) is 13.9. The van der Waals surface area contributed by atoms with E-state index in [0.29, 0.717) is 36.4 Å². The molecular weight excluding hydrogens is 504 g/mol. The summed E-state index contributed by atoms with van der Waals surface area (Å²) in [5.41, 5.74) is 4.54. The molecule has 0 bridgehead atoms. The third-order valence-corrected chi connectivity index (χ3v) is 7.83. The number of pyridine rings is 2. The number of hydrogen-bond acceptors (Lipinski definition) is 6. The second-order valence-electron chi connectivity index (χ2n) is 11.5. The quantitative estimate of drug-likeness (QED) is 0.245. The zero-order chi connectivity index (χ0) is 28.2. The molecule has 0 saturated carbocycles. The predicted molar refractivity (Wildman–Crippen MR) is 153 cm³/mol. The highest BCUT2D eigenvalue weighted by atomic mass is 16.6. The van der Waals surface area contributed by atoms with E-state index in [9.17, 15) is 9.59 Å². The number of benzene rings is 2. The van der Waals surface area contributed by atoms with Gasteiger partial charge in [-0.25, -0.2) is 9.78 Å². The molecule has 4 heterocycles. The van der Waals surface area contributed by atoms with Crippen molar-refractivity contribution in [2.75, 3.05) is 0 Å². The van der Waals surface area contributed by atoms with Crippen LogP contribution in [-0.2, 0) is 46.0 Å². The SMILES string of the molecule is CCc1c2c(nc3ccc(OCc4ccccc4)cc13)-c1cc3c(c(=O)n1C2)COC(=O)[C@@]3(CC)OC(C)(C)C. The van der Waals surface area contributed by atoms with Crippen LogP contribution in [0.5, 0.6) is 5.75 Å². The molecule has 206 valence electrons. The van der Waals surface area contributed by atoms with E-state index in [2.05, 4.69) is 6.92 Å². The van der Waals surface area contributed by atoms with E-state index in [-0.39, 0.29) is 12.2 Å². The van der Waals surface area contributed by atoms with Crippen molar-refractivity contribution in [3.63, 3.8) is 0 Å². The molecule has 2 aliphatic heterocycles. The molecule has 7 nitrogen and oxygen atoms in total. The van der Waals surface area contributed by atoms with Crippen LogP contribution >= 0.6 is 0 Å². The zero-order valence-corrected chi connectivity index (χ0v) is 23.7. The Labute approximate surface area is 233 Å². The summed E-state index contributed by atoms with van der Waals surface area (Å²) in [5, 5.41) is 1.02. The Morgan fingerprint density at radius 3 is 2.50 bits per heavy atom. The number of carbonyl (C=O) groups is 1. The highest BCUT2D eigenvalue weighted by Crippen LogP contribution is 2.43. The Morgan fingerprint density at radius 1 is 1.02 bits per heavy atom. The van der Waals surface area contributed by atoms with Gasteiger partial charge in [0.1, 0.15) is 19.0 Å². The number of rotatable bonds is 6. The Hall–Kier alpha value is -3.97. The number of ether oxygens (including phenoxy) is 3. The minimum Gasteiger partial charge on any atom is -0.489 e. The van der Waals surface area contributed by atoms with Crippen LogP contribution < -0.4 is 10.3 Å². The van der Waals surface area contributed by atoms with Crippen LogP contribution in [0.25, 0.3) is 22.3 Å². The molecule has 0 spiro atoms. The van der Waals surface area contributed by atoms with Gasteiger partial charge in [0.25, 0.3) is 5.56 Å². The molecular formula is C33H34N2O5. The molecule has 0 unspecified atom stereocenters. The number of fused-ring (bicyclic) bond motifs is 5. The summed E-state index contributed by atoms with van der Waals surface area (Å²) in [4.78, 5) is 32.1. The van der Waals surface area contributed by atoms with E-state index in [1.54, 1.807) is 4.57 Å². The van der Waals surface area contributed by atoms with Crippen molar-refractivity contribution in [3.05, 3.63) is 92.8 Å². The van der Waals surface area contributed by atoms with E-state index in [4.69, 9.17) is 19.2 Å². The lowest BCUT2D eigenvalue weighted by Gasteiger charge is -2.40. The normalized spacial score (nSPS) is 17.8. The average Bonchev–Trinajstić information content (AvgIpc) is 3.30. The molecule has 0 N–H and O–H groups in total. The smallest absolute Gasteiger partial charge is 0.343 e. The van der Waals surface area contributed by atoms with Gasteiger partial charge in [-0.3, -0.25) is 4.79 Å². The first-order chi connectivity index (χ1) is 19.1. The van der Waals surface area contributed by atoms with Crippen molar-refractivity contribution < 1.29 is 19.0 Å². The van der Waals surface area contributed by atoms with E-state index >= 15 is 0 Å². The summed E-state index contributed by atoms with van der Waals surface area (Å²) in [6.07, 6.45) is 1.13. The molecule has 2 aromatic heterocycles. The first-order valence-corrected chi connectivity index (χ1v) is 13.9. The Balaban J connectivity index is 1.47. The number of hydrogen-bond donors (Lipinski definition) is 0. The van der Waals surface area contributed by atoms with Crippen molar-refractivity contribution in [1.29, 1.82) is 0 Å². The second kappa shape index (κ2) is 9.59. The number of esters is 1. The maximum Gasteiger partial charge on any atom is 0.343 e. The first kappa shape index (κ1) is 26.3. The molecule has 7 heteroatoms. The molecule has 2 aromatic carbocycles. The van der Waals surface area contributed by atoms with Gasteiger partial charge in [-0.2, -0.15) is 0 Å². The van der Waals surface area contributed by atoms with Crippen molar-refractivity contribution in [1.82, 2.24) is 9.55 Å². The van der Waals surface area contributed by atoms with E-state index < -0.39 is 17.2 Å². The molecule has 40 heavy (non-hydrogen) atoms. The topological polar surface area (TPSA) is 79.6 Å². The minimum atomic E-state index is -1.35. The van der Waals surface area contributed by atoms with Crippen LogP contribution in [0.3, 0.4) is 0 Å². The monoisotopic (exact) mass is 538 g/mol. The second-order valence-corrected chi connectivity index (χ2v) is 11.5. The fourth-order valence-corrected chi connectivity index (χ4v) is 6.06. The van der Waals surface area contributed by atoms with Gasteiger partial charge >= 0.3 is 5.97 Å². The average molecular weight is 539 g/mol. The summed E-state index contributed by atoms with van der Waals surface area (Å²) in [7, 11) is 0. The molecule has 0 fully saturated rings. The van der Waals surface area contributed by atoms with Crippen LogP contribution in [0.15, 0.2) is 59.4 Å². The number of carbonyl (C=O) groups excluding carboxylic acids is 1. The molecule has 0 radical (unpaired) electrons. The largest absolute Gasteiger partial charge is 0.489 e. The lowest BCUT2D eigenvalue weighted by Crippen LogP contribution is -2.49. The Kier molecular flexibility index (Phi) is 6.30. The summed E-state index contributed by atoms with van der Waals surface area (Å²) in [6, 6.07) is 18.0. The maximum absolute atomic E-state index is 13.9. The summed E-state index contributed by atoms with van der Waals surface area (Å²) >= 11 is 0. The lowest BCUT2D eigenvalue weighted by atomic mass is 9.84. The van der Waals surface area contributed by atoms with Crippen LogP contribution in [0.2, 0.25) is 0 Å². The third kappa shape index (κ3) is 4.20. The van der Waals surface area contributed by atoms with Gasteiger partial charge in [0.15, 0.2) is 5.60 Å². The van der Waals surface area contributed by atoms with Crippen LogP contribution in [0.1, 0.15) is 68.9 Å². The van der Waals surface area contributed by atoms with Crippen LogP contribution in [0, 0.1) is 0 Å². The van der Waals surface area contributed by atoms with Gasteiger partial charge in [0.2, 0.25) is 0 Å². The van der Waals surface area contributed by atoms with Gasteiger partial charge in [-0.05, 0) is 69.0 Å². The summed E-state index contributed by atoms with van der Waals surface area (Å²) < 4.78 is 19.8. The minimum absolute atomic E-state index is 0.0585. The number of cyclic esters (lactones) is 1. The van der Waals surface area contributed by atoms with Crippen molar-refractivity contribution >= 4 is 16.9 Å². The zero-order valence-electron chi connectivity index (χ0n) is 23.7. The van der Waals surface area contributed by atoms with Crippen molar-refractivity contribution in [2.45, 2.75) is 78.4 Å². The Bertz CT molecular complexity index is 1700. The highest BCUT2D eigenvalue weighted by molar-refractivity contribution is 5.90. The standard InChI is InChI=1S/C33H34N2O5/c1-6-22-23-15-21(38-18-20-11-9-8-10-12-20)13-14-27(23)34-29-24(22)17-35-28(29)16-26-25(30(35)36)19-39-31(37)33(26,7-2)40-32(3,4)5/h8-16H,6-7,17-19H2,1-5H3/t33-/m0/s1. The highest BCUT2D eigenvalue weighted by Gasteiger charge is 2.50. The van der Waals surface area contributed by atoms with E-state index in [1.807, 2.05) is 82.3 Å². The van der Waals surface area contributed by atoms with Gasteiger partial charge in [0, 0.05) is 16.5 Å². The molecule has 1 atom stereocenters. The molecule has 2 aliphatic rings. The fraction of sp³-hybridized carbons (Fsp3) is 0.364. The predicted octanol–water partition coefficient (Wildman–Crippen LogP) is 6.04. The van der Waals surface area contributed by atoms with Gasteiger partial charge in [-0.15, -0.1) is 0 Å². The summed E-state index contributed by atoms with van der Waals surface area (Å²) in [6.45, 7) is 10.6. The fourth-order valence-electron chi connectivity index (χ4n) is 6.06. The molecule has 6 rings (SSSR count). The van der Waals surface area contributed by atoms with Crippen molar-refractivity contribution in [3.8, 4) is 17.1 Å². The van der Waals surface area contributed by atoms with Gasteiger partial charge in [-0.1, -0.05) is 44.2 Å². The van der Waals surface area contributed by atoms with E-state index in [1.165, 1.54) is 0 Å².